The summed E-state index contributed by atoms with van der Waals surface area (Å²) < 4.78 is 0. The van der Waals surface area contributed by atoms with Gasteiger partial charge < -0.3 is 5.11 Å². The van der Waals surface area contributed by atoms with Crippen molar-refractivity contribution in [3.63, 3.8) is 0 Å². The Morgan fingerprint density at radius 3 is 1.91 bits per heavy atom. The van der Waals surface area contributed by atoms with Gasteiger partial charge in [-0.1, -0.05) is 0 Å². The van der Waals surface area contributed by atoms with Crippen LogP contribution in [0.5, 0.6) is 0 Å². The van der Waals surface area contributed by atoms with Gasteiger partial charge in [0, 0.05) is 0 Å². The van der Waals surface area contributed by atoms with Crippen LogP contribution in [0.4, 0.5) is 0 Å². The lowest BCUT2D eigenvalue weighted by molar-refractivity contribution is -0.144. The van der Waals surface area contributed by atoms with Gasteiger partial charge in [-0.05, 0) is 42.9 Å². The molecule has 4 rings (SSSR count). The molecule has 2 heteroatoms. The van der Waals surface area contributed by atoms with E-state index in [-0.39, 0.29) is 5.92 Å². The fourth-order valence-electron chi connectivity index (χ4n) is 3.93. The first-order chi connectivity index (χ1) is 5.27. The Labute approximate surface area is 65.6 Å². The molecule has 0 aliphatic heterocycles. The number of hydrogen-bond acceptors (Lipinski definition) is 1. The van der Waals surface area contributed by atoms with Crippen molar-refractivity contribution < 1.29 is 9.90 Å². The van der Waals surface area contributed by atoms with Crippen molar-refractivity contribution in [2.75, 3.05) is 0 Å². The van der Waals surface area contributed by atoms with Gasteiger partial charge in [0.15, 0.2) is 0 Å². The molecule has 11 heavy (non-hydrogen) atoms. The van der Waals surface area contributed by atoms with Crippen LogP contribution >= 0.6 is 0 Å². The zero-order valence-corrected chi connectivity index (χ0v) is 6.36. The molecule has 0 saturated heterocycles. The second kappa shape index (κ2) is 1.62. The predicted molar refractivity (Wildman–Crippen MR) is 38.9 cm³/mol. The van der Waals surface area contributed by atoms with Crippen molar-refractivity contribution in [2.24, 2.45) is 29.6 Å². The van der Waals surface area contributed by atoms with Crippen LogP contribution in [0, 0.1) is 29.6 Å². The minimum Gasteiger partial charge on any atom is -0.481 e. The highest BCUT2D eigenvalue weighted by Crippen LogP contribution is 2.65. The van der Waals surface area contributed by atoms with Crippen LogP contribution in [0.2, 0.25) is 0 Å². The van der Waals surface area contributed by atoms with E-state index in [0.717, 1.165) is 11.8 Å². The van der Waals surface area contributed by atoms with Crippen molar-refractivity contribution >= 4 is 5.97 Å². The predicted octanol–water partition coefficient (Wildman–Crippen LogP) is 1.36. The van der Waals surface area contributed by atoms with Crippen molar-refractivity contribution in [3.05, 3.63) is 0 Å². The number of aliphatic carboxylic acids is 1. The third-order valence-corrected chi connectivity index (χ3v) is 4.17. The SMILES string of the molecule is O=C(O)C1[C@H]2C[C@@H]3C[C@@H]2C[C@@H]13. The Morgan fingerprint density at radius 2 is 1.64 bits per heavy atom. The summed E-state index contributed by atoms with van der Waals surface area (Å²) in [6, 6.07) is 0. The fourth-order valence-corrected chi connectivity index (χ4v) is 3.93. The summed E-state index contributed by atoms with van der Waals surface area (Å²) in [5.41, 5.74) is 0. The molecule has 4 aliphatic rings. The molecular weight excluding hydrogens is 140 g/mol. The third-order valence-electron chi connectivity index (χ3n) is 4.17. The first-order valence-electron chi connectivity index (χ1n) is 4.50. The van der Waals surface area contributed by atoms with Crippen LogP contribution in [0.15, 0.2) is 0 Å². The molecule has 0 amide bonds. The zero-order chi connectivity index (χ0) is 7.59. The lowest BCUT2D eigenvalue weighted by Gasteiger charge is -2.15. The molecule has 5 atom stereocenters. The van der Waals surface area contributed by atoms with Crippen LogP contribution in [-0.4, -0.2) is 11.1 Å². The van der Waals surface area contributed by atoms with Gasteiger partial charge in [0.2, 0.25) is 0 Å². The highest BCUT2D eigenvalue weighted by Gasteiger charge is 2.61. The maximum atomic E-state index is 10.8. The van der Waals surface area contributed by atoms with E-state index in [4.69, 9.17) is 5.11 Å². The van der Waals surface area contributed by atoms with Crippen LogP contribution < -0.4 is 0 Å². The van der Waals surface area contributed by atoms with Gasteiger partial charge in [0.05, 0.1) is 5.92 Å². The molecule has 4 fully saturated rings. The van der Waals surface area contributed by atoms with Crippen molar-refractivity contribution in [3.8, 4) is 0 Å². The fraction of sp³-hybridized carbons (Fsp3) is 0.889. The highest BCUT2D eigenvalue weighted by molar-refractivity contribution is 5.72. The van der Waals surface area contributed by atoms with E-state index in [0.29, 0.717) is 11.8 Å². The van der Waals surface area contributed by atoms with E-state index >= 15 is 0 Å². The van der Waals surface area contributed by atoms with Gasteiger partial charge in [0.1, 0.15) is 0 Å². The molecule has 1 N–H and O–H groups in total. The summed E-state index contributed by atoms with van der Waals surface area (Å²) in [6.07, 6.45) is 3.80. The number of hydrogen-bond donors (Lipinski definition) is 1. The molecule has 0 aromatic carbocycles. The Balaban J connectivity index is 1.98. The first-order valence-corrected chi connectivity index (χ1v) is 4.50. The molecule has 0 heterocycles. The van der Waals surface area contributed by atoms with Crippen molar-refractivity contribution in [1.29, 1.82) is 0 Å². The maximum Gasteiger partial charge on any atom is 0.307 e. The van der Waals surface area contributed by atoms with Crippen LogP contribution in [-0.2, 0) is 4.79 Å². The smallest absolute Gasteiger partial charge is 0.307 e. The molecular formula is C9H12O2. The molecule has 0 spiro atoms. The highest BCUT2D eigenvalue weighted by atomic mass is 16.4. The minimum atomic E-state index is -0.523. The zero-order valence-electron chi connectivity index (χ0n) is 6.36. The average Bonchev–Trinajstić information content (AvgIpc) is 2.50. The van der Waals surface area contributed by atoms with Gasteiger partial charge >= 0.3 is 5.97 Å². The summed E-state index contributed by atoms with van der Waals surface area (Å²) in [6.45, 7) is 0. The lowest BCUT2D eigenvalue weighted by Crippen LogP contribution is -2.22. The first kappa shape index (κ1) is 6.04. The van der Waals surface area contributed by atoms with E-state index in [1.165, 1.54) is 19.3 Å². The van der Waals surface area contributed by atoms with Crippen LogP contribution in [0.3, 0.4) is 0 Å². The molecule has 0 aromatic rings. The quantitative estimate of drug-likeness (QED) is 0.616. The summed E-state index contributed by atoms with van der Waals surface area (Å²) in [5.74, 6) is 2.27. The van der Waals surface area contributed by atoms with Gasteiger partial charge in [-0.3, -0.25) is 4.79 Å². The molecule has 2 nitrogen and oxygen atoms in total. The van der Waals surface area contributed by atoms with Crippen LogP contribution in [0.1, 0.15) is 19.3 Å². The molecule has 4 aliphatic carbocycles. The largest absolute Gasteiger partial charge is 0.481 e. The number of carbonyl (C=O) groups is 1. The van der Waals surface area contributed by atoms with Gasteiger partial charge in [-0.25, -0.2) is 0 Å². The molecule has 4 saturated carbocycles. The third kappa shape index (κ3) is 0.534. The van der Waals surface area contributed by atoms with Crippen LogP contribution in [0.25, 0.3) is 0 Å². The summed E-state index contributed by atoms with van der Waals surface area (Å²) >= 11 is 0. The van der Waals surface area contributed by atoms with E-state index < -0.39 is 5.97 Å². The summed E-state index contributed by atoms with van der Waals surface area (Å²) in [5, 5.41) is 8.93. The Bertz CT molecular complexity index is 208. The molecule has 0 aromatic heterocycles. The Kier molecular flexibility index (Phi) is 0.890. The molecule has 1 unspecified atom stereocenters. The second-order valence-corrected chi connectivity index (χ2v) is 4.42. The monoisotopic (exact) mass is 152 g/mol. The normalized spacial score (nSPS) is 57.6. The molecule has 60 valence electrons. The number of carboxylic acids is 1. The van der Waals surface area contributed by atoms with Gasteiger partial charge in [-0.15, -0.1) is 0 Å². The molecule has 0 radical (unpaired) electrons. The molecule has 4 bridgehead atoms. The van der Waals surface area contributed by atoms with Crippen molar-refractivity contribution in [1.82, 2.24) is 0 Å². The number of carboxylic acid groups (broad SMARTS) is 1. The average molecular weight is 152 g/mol. The van der Waals surface area contributed by atoms with E-state index in [9.17, 15) is 4.79 Å². The summed E-state index contributed by atoms with van der Waals surface area (Å²) in [7, 11) is 0. The van der Waals surface area contributed by atoms with Crippen molar-refractivity contribution in [2.45, 2.75) is 19.3 Å². The Hall–Kier alpha value is -0.530. The van der Waals surface area contributed by atoms with Gasteiger partial charge in [-0.2, -0.15) is 0 Å². The van der Waals surface area contributed by atoms with E-state index in [1.807, 2.05) is 0 Å². The van der Waals surface area contributed by atoms with E-state index in [1.54, 1.807) is 0 Å². The second-order valence-electron chi connectivity index (χ2n) is 4.42. The maximum absolute atomic E-state index is 10.8. The minimum absolute atomic E-state index is 0.0544. The lowest BCUT2D eigenvalue weighted by atomic mass is 9.89. The topological polar surface area (TPSA) is 37.3 Å². The van der Waals surface area contributed by atoms with Gasteiger partial charge in [0.25, 0.3) is 0 Å². The summed E-state index contributed by atoms with van der Waals surface area (Å²) in [4.78, 5) is 10.8. The standard InChI is InChI=1S/C9H12O2/c10-9(11)8-6-2-4-1-5(6)3-7(4)8/h4-8H,1-3H2,(H,10,11)/t4-,5+,6-,7+,8?. The number of rotatable bonds is 1. The Morgan fingerprint density at radius 1 is 1.09 bits per heavy atom. The van der Waals surface area contributed by atoms with E-state index in [2.05, 4.69) is 0 Å².